The smallest absolute Gasteiger partial charge is 0.137 e. The highest BCUT2D eigenvalue weighted by atomic mass is 35.5. The molecular formula is C9H12ClNOS. The van der Waals surface area contributed by atoms with Gasteiger partial charge in [-0.3, -0.25) is 0 Å². The zero-order valence-electron chi connectivity index (χ0n) is 7.66. The summed E-state index contributed by atoms with van der Waals surface area (Å²) < 4.78 is 5.00. The molecule has 1 aromatic heterocycles. The summed E-state index contributed by atoms with van der Waals surface area (Å²) in [5.41, 5.74) is 0. The van der Waals surface area contributed by atoms with E-state index in [-0.39, 0.29) is 0 Å². The van der Waals surface area contributed by atoms with Crippen LogP contribution in [0.25, 0.3) is 0 Å². The van der Waals surface area contributed by atoms with Crippen LogP contribution in [-0.4, -0.2) is 23.2 Å². The zero-order valence-corrected chi connectivity index (χ0v) is 9.23. The van der Waals surface area contributed by atoms with Crippen LogP contribution in [0.5, 0.6) is 5.75 Å². The second-order valence-electron chi connectivity index (χ2n) is 2.62. The number of thioether (sulfide) groups is 1. The Morgan fingerprint density at radius 1 is 1.62 bits per heavy atom. The van der Waals surface area contributed by atoms with Gasteiger partial charge in [0.15, 0.2) is 0 Å². The molecule has 4 heteroatoms. The average Bonchev–Trinajstić information content (AvgIpc) is 2.19. The summed E-state index contributed by atoms with van der Waals surface area (Å²) in [6, 6.07) is 3.84. The van der Waals surface area contributed by atoms with Crippen molar-refractivity contribution >= 4 is 23.4 Å². The van der Waals surface area contributed by atoms with Crippen molar-refractivity contribution in [1.29, 1.82) is 0 Å². The van der Waals surface area contributed by atoms with E-state index in [1.807, 2.05) is 12.1 Å². The first kappa shape index (κ1) is 10.7. The van der Waals surface area contributed by atoms with E-state index in [0.29, 0.717) is 11.1 Å². The molecule has 1 atom stereocenters. The fourth-order valence-corrected chi connectivity index (χ4v) is 1.72. The third-order valence-electron chi connectivity index (χ3n) is 1.48. The minimum Gasteiger partial charge on any atom is -0.495 e. The Bertz CT molecular complexity index is 252. The van der Waals surface area contributed by atoms with Crippen molar-refractivity contribution < 1.29 is 4.74 Å². The van der Waals surface area contributed by atoms with Crippen molar-refractivity contribution in [3.63, 3.8) is 0 Å². The Balaban J connectivity index is 2.58. The Morgan fingerprint density at radius 2 is 2.38 bits per heavy atom. The lowest BCUT2D eigenvalue weighted by Gasteiger charge is -2.06. The zero-order chi connectivity index (χ0) is 9.68. The number of methoxy groups -OCH3 is 1. The van der Waals surface area contributed by atoms with E-state index in [9.17, 15) is 0 Å². The maximum atomic E-state index is 5.69. The summed E-state index contributed by atoms with van der Waals surface area (Å²) in [6.45, 7) is 2.07. The normalized spacial score (nSPS) is 12.5. The second-order valence-corrected chi connectivity index (χ2v) is 4.39. The topological polar surface area (TPSA) is 22.1 Å². The SMILES string of the molecule is COc1ccc(SC(C)CCl)nc1. The molecular weight excluding hydrogens is 206 g/mol. The van der Waals surface area contributed by atoms with Gasteiger partial charge in [-0.25, -0.2) is 4.98 Å². The van der Waals surface area contributed by atoms with E-state index in [2.05, 4.69) is 11.9 Å². The van der Waals surface area contributed by atoms with E-state index < -0.39 is 0 Å². The van der Waals surface area contributed by atoms with Gasteiger partial charge in [0, 0.05) is 11.1 Å². The maximum Gasteiger partial charge on any atom is 0.137 e. The fourth-order valence-electron chi connectivity index (χ4n) is 0.795. The van der Waals surface area contributed by atoms with Gasteiger partial charge in [0.2, 0.25) is 0 Å². The molecule has 13 heavy (non-hydrogen) atoms. The number of nitrogens with zero attached hydrogens (tertiary/aromatic N) is 1. The lowest BCUT2D eigenvalue weighted by Crippen LogP contribution is -1.97. The maximum absolute atomic E-state index is 5.69. The van der Waals surface area contributed by atoms with Crippen molar-refractivity contribution in [1.82, 2.24) is 4.98 Å². The third-order valence-corrected chi connectivity index (χ3v) is 3.18. The van der Waals surface area contributed by atoms with Gasteiger partial charge in [0.05, 0.1) is 18.3 Å². The molecule has 0 aliphatic carbocycles. The first-order valence-corrected chi connectivity index (χ1v) is 5.40. The van der Waals surface area contributed by atoms with Gasteiger partial charge in [-0.1, -0.05) is 6.92 Å². The van der Waals surface area contributed by atoms with Crippen molar-refractivity contribution in [2.75, 3.05) is 13.0 Å². The highest BCUT2D eigenvalue weighted by molar-refractivity contribution is 7.99. The molecule has 1 unspecified atom stereocenters. The number of ether oxygens (including phenoxy) is 1. The summed E-state index contributed by atoms with van der Waals surface area (Å²) in [5.74, 6) is 1.42. The number of rotatable bonds is 4. The number of aromatic nitrogens is 1. The van der Waals surface area contributed by atoms with Crippen LogP contribution < -0.4 is 4.74 Å². The Morgan fingerprint density at radius 3 is 2.85 bits per heavy atom. The highest BCUT2D eigenvalue weighted by Gasteiger charge is 2.03. The molecule has 0 aromatic carbocycles. The van der Waals surface area contributed by atoms with E-state index in [1.54, 1.807) is 25.1 Å². The summed E-state index contributed by atoms with van der Waals surface area (Å²) in [7, 11) is 1.63. The van der Waals surface area contributed by atoms with Crippen molar-refractivity contribution in [3.05, 3.63) is 18.3 Å². The molecule has 0 aliphatic heterocycles. The van der Waals surface area contributed by atoms with Gasteiger partial charge in [-0.05, 0) is 12.1 Å². The van der Waals surface area contributed by atoms with Gasteiger partial charge in [-0.15, -0.1) is 23.4 Å². The van der Waals surface area contributed by atoms with Crippen LogP contribution in [0.1, 0.15) is 6.92 Å². The number of hydrogen-bond donors (Lipinski definition) is 0. The third kappa shape index (κ3) is 3.44. The fraction of sp³-hybridized carbons (Fsp3) is 0.444. The summed E-state index contributed by atoms with van der Waals surface area (Å²) in [6.07, 6.45) is 1.71. The van der Waals surface area contributed by atoms with Crippen LogP contribution >= 0.6 is 23.4 Å². The van der Waals surface area contributed by atoms with Gasteiger partial charge >= 0.3 is 0 Å². The molecule has 0 saturated heterocycles. The molecule has 0 bridgehead atoms. The molecule has 0 N–H and O–H groups in total. The highest BCUT2D eigenvalue weighted by Crippen LogP contribution is 2.22. The van der Waals surface area contributed by atoms with Crippen LogP contribution in [0.2, 0.25) is 0 Å². The first-order chi connectivity index (χ1) is 6.26. The molecule has 0 amide bonds. The lowest BCUT2D eigenvalue weighted by atomic mass is 10.5. The molecule has 0 radical (unpaired) electrons. The number of alkyl halides is 1. The van der Waals surface area contributed by atoms with Crippen molar-refractivity contribution in [2.45, 2.75) is 17.2 Å². The van der Waals surface area contributed by atoms with Gasteiger partial charge in [0.1, 0.15) is 5.75 Å². The predicted octanol–water partition coefficient (Wildman–Crippen LogP) is 2.81. The Labute approximate surface area is 87.7 Å². The molecule has 2 nitrogen and oxygen atoms in total. The number of hydrogen-bond acceptors (Lipinski definition) is 3. The molecule has 1 rings (SSSR count). The quantitative estimate of drug-likeness (QED) is 0.572. The predicted molar refractivity (Wildman–Crippen MR) is 56.8 cm³/mol. The molecule has 0 fully saturated rings. The molecule has 1 aromatic rings. The van der Waals surface area contributed by atoms with Crippen LogP contribution in [0, 0.1) is 0 Å². The molecule has 0 spiro atoms. The van der Waals surface area contributed by atoms with Gasteiger partial charge in [0.25, 0.3) is 0 Å². The van der Waals surface area contributed by atoms with Gasteiger partial charge < -0.3 is 4.74 Å². The largest absolute Gasteiger partial charge is 0.495 e. The van der Waals surface area contributed by atoms with Crippen LogP contribution in [0.4, 0.5) is 0 Å². The van der Waals surface area contributed by atoms with E-state index in [0.717, 1.165) is 10.8 Å². The van der Waals surface area contributed by atoms with Crippen LogP contribution in [0.3, 0.4) is 0 Å². The molecule has 0 saturated carbocycles. The minimum atomic E-state index is 0.391. The monoisotopic (exact) mass is 217 g/mol. The van der Waals surface area contributed by atoms with Gasteiger partial charge in [-0.2, -0.15) is 0 Å². The summed E-state index contributed by atoms with van der Waals surface area (Å²) in [5, 5.41) is 1.37. The van der Waals surface area contributed by atoms with E-state index in [1.165, 1.54) is 0 Å². The van der Waals surface area contributed by atoms with Crippen LogP contribution in [0.15, 0.2) is 23.4 Å². The molecule has 72 valence electrons. The lowest BCUT2D eigenvalue weighted by molar-refractivity contribution is 0.412. The summed E-state index contributed by atoms with van der Waals surface area (Å²) in [4.78, 5) is 4.22. The van der Waals surface area contributed by atoms with E-state index >= 15 is 0 Å². The standard InChI is InChI=1S/C9H12ClNOS/c1-7(5-10)13-9-4-3-8(12-2)6-11-9/h3-4,6-7H,5H2,1-2H3. The van der Waals surface area contributed by atoms with Crippen molar-refractivity contribution in [3.8, 4) is 5.75 Å². The second kappa shape index (κ2) is 5.35. The van der Waals surface area contributed by atoms with Crippen LogP contribution in [-0.2, 0) is 0 Å². The van der Waals surface area contributed by atoms with E-state index in [4.69, 9.17) is 16.3 Å². The first-order valence-electron chi connectivity index (χ1n) is 3.99. The van der Waals surface area contributed by atoms with Crippen molar-refractivity contribution in [2.24, 2.45) is 0 Å². The minimum absolute atomic E-state index is 0.391. The Kier molecular flexibility index (Phi) is 4.39. The average molecular weight is 218 g/mol. The number of halogens is 1. The number of pyridine rings is 1. The molecule has 0 aliphatic rings. The summed E-state index contributed by atoms with van der Waals surface area (Å²) >= 11 is 7.35. The molecule has 1 heterocycles. The Hall–Kier alpha value is -0.410.